The molecular formula is C16H24N2OS2. The first-order valence-electron chi connectivity index (χ1n) is 7.97. The fourth-order valence-corrected chi connectivity index (χ4v) is 5.98. The van der Waals surface area contributed by atoms with Crippen molar-refractivity contribution in [1.82, 2.24) is 9.78 Å². The molecule has 3 unspecified atom stereocenters. The van der Waals surface area contributed by atoms with Gasteiger partial charge in [0.2, 0.25) is 0 Å². The average molecular weight is 325 g/mol. The van der Waals surface area contributed by atoms with Crippen molar-refractivity contribution in [3.8, 4) is 0 Å². The lowest BCUT2D eigenvalue weighted by molar-refractivity contribution is -0.117. The molecule has 1 aliphatic carbocycles. The van der Waals surface area contributed by atoms with Gasteiger partial charge in [-0.05, 0) is 18.9 Å². The van der Waals surface area contributed by atoms with Gasteiger partial charge >= 0.3 is 0 Å². The van der Waals surface area contributed by atoms with E-state index in [9.17, 15) is 4.79 Å². The van der Waals surface area contributed by atoms with Gasteiger partial charge in [0.25, 0.3) is 0 Å². The number of ketones is 1. The van der Waals surface area contributed by atoms with E-state index in [4.69, 9.17) is 0 Å². The van der Waals surface area contributed by atoms with E-state index in [1.165, 1.54) is 25.7 Å². The van der Waals surface area contributed by atoms with Gasteiger partial charge in [-0.1, -0.05) is 26.7 Å². The quantitative estimate of drug-likeness (QED) is 0.845. The first-order valence-corrected chi connectivity index (χ1v) is 9.96. The Labute approximate surface area is 135 Å². The second-order valence-corrected chi connectivity index (χ2v) is 9.23. The maximum atomic E-state index is 12.5. The van der Waals surface area contributed by atoms with Crippen molar-refractivity contribution < 1.29 is 4.79 Å². The summed E-state index contributed by atoms with van der Waals surface area (Å²) in [5, 5.41) is 6.01. The van der Waals surface area contributed by atoms with Crippen molar-refractivity contribution in [2.75, 3.05) is 5.75 Å². The summed E-state index contributed by atoms with van der Waals surface area (Å²) in [6.45, 7) is 4.49. The Morgan fingerprint density at radius 1 is 1.33 bits per heavy atom. The van der Waals surface area contributed by atoms with Crippen LogP contribution in [-0.2, 0) is 11.2 Å². The molecular weight excluding hydrogens is 300 g/mol. The van der Waals surface area contributed by atoms with Gasteiger partial charge in [-0.25, -0.2) is 0 Å². The van der Waals surface area contributed by atoms with Crippen LogP contribution >= 0.6 is 23.5 Å². The maximum absolute atomic E-state index is 12.5. The summed E-state index contributed by atoms with van der Waals surface area (Å²) in [6, 6.07) is 2.59. The summed E-state index contributed by atoms with van der Waals surface area (Å²) < 4.78 is 2.09. The predicted octanol–water partition coefficient (Wildman–Crippen LogP) is 3.74. The standard InChI is InChI=1S/C16H24N2OS2/c1-11-12(2)21-16(10-20-11)15(19)9-13-7-8-18(17-13)14-5-3-4-6-14/h7-8,11-12,14,16H,3-6,9-10H2,1-2H3. The molecule has 2 heterocycles. The van der Waals surface area contributed by atoms with Crippen LogP contribution in [0.15, 0.2) is 12.3 Å². The maximum Gasteiger partial charge on any atom is 0.152 e. The molecule has 116 valence electrons. The number of thioether (sulfide) groups is 2. The Hall–Kier alpha value is -0.420. The summed E-state index contributed by atoms with van der Waals surface area (Å²) >= 11 is 3.78. The highest BCUT2D eigenvalue weighted by molar-refractivity contribution is 8.08. The zero-order valence-electron chi connectivity index (χ0n) is 12.8. The lowest BCUT2D eigenvalue weighted by Gasteiger charge is -2.30. The van der Waals surface area contributed by atoms with Crippen LogP contribution in [0.1, 0.15) is 51.3 Å². The molecule has 0 aromatic carbocycles. The number of nitrogens with zero attached hydrogens (tertiary/aromatic N) is 2. The molecule has 1 saturated heterocycles. The van der Waals surface area contributed by atoms with Crippen molar-refractivity contribution in [2.24, 2.45) is 0 Å². The number of hydrogen-bond donors (Lipinski definition) is 0. The SMILES string of the molecule is CC1SCC(C(=O)Cc2ccn(C3CCCC3)n2)SC1C. The lowest BCUT2D eigenvalue weighted by Crippen LogP contribution is -2.32. The van der Waals surface area contributed by atoms with Crippen LogP contribution in [0, 0.1) is 0 Å². The van der Waals surface area contributed by atoms with E-state index in [1.54, 1.807) is 0 Å². The predicted molar refractivity (Wildman–Crippen MR) is 91.2 cm³/mol. The summed E-state index contributed by atoms with van der Waals surface area (Å²) in [4.78, 5) is 12.5. The van der Waals surface area contributed by atoms with E-state index in [2.05, 4.69) is 29.8 Å². The molecule has 0 bridgehead atoms. The van der Waals surface area contributed by atoms with Crippen molar-refractivity contribution in [2.45, 2.75) is 67.7 Å². The van der Waals surface area contributed by atoms with E-state index in [-0.39, 0.29) is 5.25 Å². The Balaban J connectivity index is 1.57. The van der Waals surface area contributed by atoms with Gasteiger partial charge in [0, 0.05) is 22.4 Å². The third kappa shape index (κ3) is 3.67. The number of hydrogen-bond acceptors (Lipinski definition) is 4. The second kappa shape index (κ2) is 6.78. The summed E-state index contributed by atoms with van der Waals surface area (Å²) in [5.74, 6) is 1.31. The molecule has 2 fully saturated rings. The number of aromatic nitrogens is 2. The van der Waals surface area contributed by atoms with E-state index < -0.39 is 0 Å². The summed E-state index contributed by atoms with van der Waals surface area (Å²) in [7, 11) is 0. The highest BCUT2D eigenvalue weighted by Gasteiger charge is 2.30. The van der Waals surface area contributed by atoms with Crippen LogP contribution in [0.5, 0.6) is 0 Å². The molecule has 3 atom stereocenters. The topological polar surface area (TPSA) is 34.9 Å². The molecule has 0 spiro atoms. The van der Waals surface area contributed by atoms with Gasteiger partial charge < -0.3 is 0 Å². The molecule has 1 saturated carbocycles. The molecule has 2 aliphatic rings. The number of carbonyl (C=O) groups is 1. The zero-order valence-corrected chi connectivity index (χ0v) is 14.5. The Kier molecular flexibility index (Phi) is 4.99. The largest absolute Gasteiger partial charge is 0.298 e. The van der Waals surface area contributed by atoms with Crippen molar-refractivity contribution in [3.63, 3.8) is 0 Å². The molecule has 0 amide bonds. The molecule has 3 nitrogen and oxygen atoms in total. The lowest BCUT2D eigenvalue weighted by atomic mass is 10.2. The van der Waals surface area contributed by atoms with Crippen LogP contribution in [0.4, 0.5) is 0 Å². The Morgan fingerprint density at radius 3 is 2.81 bits per heavy atom. The normalized spacial score (nSPS) is 30.7. The first-order chi connectivity index (χ1) is 10.1. The molecule has 1 aromatic rings. The van der Waals surface area contributed by atoms with Crippen LogP contribution in [0.2, 0.25) is 0 Å². The van der Waals surface area contributed by atoms with Gasteiger partial charge in [-0.2, -0.15) is 16.9 Å². The minimum absolute atomic E-state index is 0.151. The van der Waals surface area contributed by atoms with Crippen molar-refractivity contribution >= 4 is 29.3 Å². The average Bonchev–Trinajstić information content (AvgIpc) is 3.12. The number of rotatable bonds is 4. The van der Waals surface area contributed by atoms with Crippen LogP contribution in [0.25, 0.3) is 0 Å². The molecule has 0 N–H and O–H groups in total. The van der Waals surface area contributed by atoms with E-state index >= 15 is 0 Å². The fraction of sp³-hybridized carbons (Fsp3) is 0.750. The van der Waals surface area contributed by atoms with Crippen molar-refractivity contribution in [3.05, 3.63) is 18.0 Å². The van der Waals surface area contributed by atoms with Gasteiger partial charge in [0.15, 0.2) is 5.78 Å². The van der Waals surface area contributed by atoms with Crippen molar-refractivity contribution in [1.29, 1.82) is 0 Å². The van der Waals surface area contributed by atoms with Crippen LogP contribution in [-0.4, -0.2) is 37.1 Å². The van der Waals surface area contributed by atoms with Crippen LogP contribution in [0.3, 0.4) is 0 Å². The van der Waals surface area contributed by atoms with Gasteiger partial charge in [-0.15, -0.1) is 11.8 Å². The highest BCUT2D eigenvalue weighted by atomic mass is 32.2. The third-order valence-corrected chi connectivity index (χ3v) is 8.07. The zero-order chi connectivity index (χ0) is 14.8. The fourth-order valence-electron chi connectivity index (χ4n) is 3.09. The molecule has 1 aromatic heterocycles. The Morgan fingerprint density at radius 2 is 2.10 bits per heavy atom. The smallest absolute Gasteiger partial charge is 0.152 e. The van der Waals surface area contributed by atoms with Gasteiger partial charge in [-0.3, -0.25) is 9.48 Å². The molecule has 1 aliphatic heterocycles. The number of Topliss-reactive ketones (excluding diaryl/α,β-unsaturated/α-hetero) is 1. The van der Waals surface area contributed by atoms with E-state index in [0.29, 0.717) is 28.7 Å². The second-order valence-electron chi connectivity index (χ2n) is 6.24. The van der Waals surface area contributed by atoms with E-state index in [1.807, 2.05) is 29.6 Å². The monoisotopic (exact) mass is 324 g/mol. The molecule has 3 rings (SSSR count). The minimum atomic E-state index is 0.151. The molecule has 21 heavy (non-hydrogen) atoms. The number of carbonyl (C=O) groups excluding carboxylic acids is 1. The van der Waals surface area contributed by atoms with Gasteiger partial charge in [0.05, 0.1) is 23.4 Å². The van der Waals surface area contributed by atoms with Gasteiger partial charge in [0.1, 0.15) is 0 Å². The summed E-state index contributed by atoms with van der Waals surface area (Å²) in [6.07, 6.45) is 7.65. The van der Waals surface area contributed by atoms with E-state index in [0.717, 1.165) is 11.4 Å². The first kappa shape index (κ1) is 15.5. The third-order valence-electron chi connectivity index (χ3n) is 4.63. The minimum Gasteiger partial charge on any atom is -0.298 e. The van der Waals surface area contributed by atoms with Crippen LogP contribution < -0.4 is 0 Å². The molecule has 5 heteroatoms. The molecule has 0 radical (unpaired) electrons. The summed E-state index contributed by atoms with van der Waals surface area (Å²) in [5.41, 5.74) is 0.948. The Bertz CT molecular complexity index is 496. The highest BCUT2D eigenvalue weighted by Crippen LogP contribution is 2.36.